The van der Waals surface area contributed by atoms with Gasteiger partial charge in [0.2, 0.25) is 0 Å². The van der Waals surface area contributed by atoms with Gasteiger partial charge in [-0.05, 0) is 61.8 Å². The third-order valence-corrected chi connectivity index (χ3v) is 6.32. The first-order chi connectivity index (χ1) is 11.2. The summed E-state index contributed by atoms with van der Waals surface area (Å²) in [6.45, 7) is 3.07. The molecule has 23 heavy (non-hydrogen) atoms. The minimum atomic E-state index is -0.154. The highest BCUT2D eigenvalue weighted by atomic mass is 16.6. The Kier molecular flexibility index (Phi) is 3.51. The van der Waals surface area contributed by atoms with Gasteiger partial charge in [0.25, 0.3) is 0 Å². The van der Waals surface area contributed by atoms with Gasteiger partial charge < -0.3 is 14.7 Å². The smallest absolute Gasteiger partial charge is 0.410 e. The van der Waals surface area contributed by atoms with E-state index >= 15 is 0 Å². The molecule has 1 saturated carbocycles. The Balaban J connectivity index is 1.78. The van der Waals surface area contributed by atoms with E-state index in [1.54, 1.807) is 6.07 Å². The normalized spacial score (nSPS) is 32.0. The molecule has 2 aliphatic carbocycles. The fourth-order valence-electron chi connectivity index (χ4n) is 5.43. The van der Waals surface area contributed by atoms with E-state index in [1.807, 2.05) is 17.9 Å². The summed E-state index contributed by atoms with van der Waals surface area (Å²) >= 11 is 0. The van der Waals surface area contributed by atoms with Crippen molar-refractivity contribution < 1.29 is 14.6 Å². The maximum Gasteiger partial charge on any atom is 0.410 e. The average Bonchev–Trinajstić information content (AvgIpc) is 2.56. The van der Waals surface area contributed by atoms with Crippen molar-refractivity contribution in [3.63, 3.8) is 0 Å². The minimum absolute atomic E-state index is 0.151. The van der Waals surface area contributed by atoms with Crippen molar-refractivity contribution in [2.24, 2.45) is 5.92 Å². The molecule has 1 aromatic carbocycles. The van der Waals surface area contributed by atoms with Crippen LogP contribution in [0, 0.1) is 5.92 Å². The Hall–Kier alpha value is -1.71. The maximum absolute atomic E-state index is 12.4. The van der Waals surface area contributed by atoms with E-state index in [1.165, 1.54) is 36.8 Å². The first-order valence-electron chi connectivity index (χ1n) is 8.91. The van der Waals surface area contributed by atoms with Crippen molar-refractivity contribution in [3.05, 3.63) is 29.3 Å². The molecule has 3 atom stereocenters. The van der Waals surface area contributed by atoms with Crippen molar-refractivity contribution in [3.8, 4) is 5.75 Å². The predicted molar refractivity (Wildman–Crippen MR) is 87.6 cm³/mol. The van der Waals surface area contributed by atoms with Crippen molar-refractivity contribution in [1.82, 2.24) is 4.90 Å². The van der Waals surface area contributed by atoms with Crippen molar-refractivity contribution in [2.75, 3.05) is 13.2 Å². The Morgan fingerprint density at radius 3 is 3.09 bits per heavy atom. The number of hydrogen-bond acceptors (Lipinski definition) is 3. The van der Waals surface area contributed by atoms with Crippen LogP contribution in [0.25, 0.3) is 0 Å². The Labute approximate surface area is 137 Å². The Morgan fingerprint density at radius 1 is 1.39 bits per heavy atom. The number of carbonyl (C=O) groups excluding carboxylic acids is 1. The third-order valence-electron chi connectivity index (χ3n) is 6.32. The molecule has 1 saturated heterocycles. The highest BCUT2D eigenvalue weighted by molar-refractivity contribution is 5.69. The third kappa shape index (κ3) is 2.14. The molecule has 1 amide bonds. The quantitative estimate of drug-likeness (QED) is 0.861. The molecule has 2 fully saturated rings. The van der Waals surface area contributed by atoms with Crippen LogP contribution in [0.2, 0.25) is 0 Å². The van der Waals surface area contributed by atoms with Crippen molar-refractivity contribution in [2.45, 2.75) is 56.9 Å². The minimum Gasteiger partial charge on any atom is -0.508 e. The molecule has 0 unspecified atom stereocenters. The zero-order chi connectivity index (χ0) is 16.0. The summed E-state index contributed by atoms with van der Waals surface area (Å²) in [5, 5.41) is 10.00. The Morgan fingerprint density at radius 2 is 2.26 bits per heavy atom. The largest absolute Gasteiger partial charge is 0.508 e. The van der Waals surface area contributed by atoms with E-state index in [9.17, 15) is 9.90 Å². The number of carbonyl (C=O) groups is 1. The van der Waals surface area contributed by atoms with Crippen LogP contribution in [0.5, 0.6) is 5.75 Å². The van der Waals surface area contributed by atoms with Crippen molar-refractivity contribution >= 4 is 6.09 Å². The zero-order valence-corrected chi connectivity index (χ0v) is 13.8. The number of fused-ring (bicyclic) bond motifs is 1. The average molecular weight is 315 g/mol. The first-order valence-corrected chi connectivity index (χ1v) is 8.91. The summed E-state index contributed by atoms with van der Waals surface area (Å²) in [6, 6.07) is 6.08. The van der Waals surface area contributed by atoms with E-state index in [-0.39, 0.29) is 17.6 Å². The number of ether oxygens (including phenoxy) is 1. The van der Waals surface area contributed by atoms with E-state index in [0.29, 0.717) is 18.3 Å². The number of aromatic hydroxyl groups is 1. The van der Waals surface area contributed by atoms with E-state index in [2.05, 4.69) is 6.07 Å². The lowest BCUT2D eigenvalue weighted by molar-refractivity contribution is -0.0110. The second kappa shape index (κ2) is 5.43. The number of phenols is 1. The molecule has 124 valence electrons. The van der Waals surface area contributed by atoms with Gasteiger partial charge in [0, 0.05) is 18.0 Å². The molecule has 0 radical (unpaired) electrons. The summed E-state index contributed by atoms with van der Waals surface area (Å²) in [7, 11) is 0. The fraction of sp³-hybridized carbons (Fsp3) is 0.632. The van der Waals surface area contributed by atoms with Gasteiger partial charge in [-0.15, -0.1) is 0 Å². The molecular weight excluding hydrogens is 290 g/mol. The van der Waals surface area contributed by atoms with Gasteiger partial charge in [-0.25, -0.2) is 4.79 Å². The molecular formula is C19H25NO3. The fourth-order valence-corrected chi connectivity index (χ4v) is 5.43. The molecule has 1 heterocycles. The molecule has 4 heteroatoms. The number of nitrogens with zero attached hydrogens (tertiary/aromatic N) is 1. The zero-order valence-electron chi connectivity index (χ0n) is 13.8. The molecule has 4 nitrogen and oxygen atoms in total. The lowest BCUT2D eigenvalue weighted by Gasteiger charge is -2.58. The van der Waals surface area contributed by atoms with E-state index in [0.717, 1.165) is 19.4 Å². The standard InChI is InChI=1S/C19H25NO3/c1-2-23-18(22)20-10-9-19-8-4-3-5-15(19)17(20)11-13-6-7-14(21)12-16(13)19/h6-7,12,15,17,21H,2-5,8-11H2,1H3/t15-,17-,19+/m1/s1. The van der Waals surface area contributed by atoms with Crippen LogP contribution in [-0.2, 0) is 16.6 Å². The van der Waals surface area contributed by atoms with Gasteiger partial charge >= 0.3 is 6.09 Å². The molecule has 4 rings (SSSR count). The van der Waals surface area contributed by atoms with Gasteiger partial charge in [0.15, 0.2) is 0 Å². The van der Waals surface area contributed by atoms with Crippen LogP contribution in [0.4, 0.5) is 4.79 Å². The van der Waals surface area contributed by atoms with E-state index < -0.39 is 0 Å². The SMILES string of the molecule is CCOC(=O)N1CC[C@@]23CCCC[C@@H]2[C@H]1Cc1ccc(O)cc13. The van der Waals surface area contributed by atoms with Gasteiger partial charge in [-0.1, -0.05) is 18.9 Å². The molecule has 1 aromatic rings. The van der Waals surface area contributed by atoms with Crippen LogP contribution in [0.15, 0.2) is 18.2 Å². The van der Waals surface area contributed by atoms with Crippen LogP contribution in [0.3, 0.4) is 0 Å². The molecule has 0 spiro atoms. The van der Waals surface area contributed by atoms with Crippen LogP contribution < -0.4 is 0 Å². The van der Waals surface area contributed by atoms with Crippen LogP contribution in [0.1, 0.15) is 50.2 Å². The number of amides is 1. The van der Waals surface area contributed by atoms with E-state index in [4.69, 9.17) is 4.74 Å². The topological polar surface area (TPSA) is 49.8 Å². The second-order valence-electron chi connectivity index (χ2n) is 7.26. The molecule has 0 aromatic heterocycles. The maximum atomic E-state index is 12.4. The van der Waals surface area contributed by atoms with Gasteiger partial charge in [0.05, 0.1) is 6.61 Å². The highest BCUT2D eigenvalue weighted by Crippen LogP contribution is 2.56. The number of rotatable bonds is 1. The van der Waals surface area contributed by atoms with Gasteiger partial charge in [-0.2, -0.15) is 0 Å². The lowest BCUT2D eigenvalue weighted by Crippen LogP contribution is -2.62. The summed E-state index contributed by atoms with van der Waals surface area (Å²) in [5.74, 6) is 0.873. The van der Waals surface area contributed by atoms with Crippen LogP contribution in [-0.4, -0.2) is 35.3 Å². The molecule has 1 aliphatic heterocycles. The molecule has 2 bridgehead atoms. The monoisotopic (exact) mass is 315 g/mol. The predicted octanol–water partition coefficient (Wildman–Crippen LogP) is 3.61. The summed E-state index contributed by atoms with van der Waals surface area (Å²) < 4.78 is 5.30. The number of phenolic OH excluding ortho intramolecular Hbond substituents is 1. The summed E-state index contributed by atoms with van der Waals surface area (Å²) in [4.78, 5) is 14.4. The number of piperidine rings is 1. The molecule has 3 aliphatic rings. The number of likely N-dealkylation sites (tertiary alicyclic amines) is 1. The van der Waals surface area contributed by atoms with Gasteiger partial charge in [0.1, 0.15) is 5.75 Å². The highest BCUT2D eigenvalue weighted by Gasteiger charge is 2.55. The Bertz CT molecular complexity index is 629. The number of benzene rings is 1. The van der Waals surface area contributed by atoms with Crippen LogP contribution >= 0.6 is 0 Å². The van der Waals surface area contributed by atoms with Crippen molar-refractivity contribution in [1.29, 1.82) is 0 Å². The second-order valence-corrected chi connectivity index (χ2v) is 7.26. The molecule has 1 N–H and O–H groups in total. The lowest BCUT2D eigenvalue weighted by atomic mass is 9.52. The van der Waals surface area contributed by atoms with Gasteiger partial charge in [-0.3, -0.25) is 0 Å². The summed E-state index contributed by atoms with van der Waals surface area (Å²) in [6.07, 6.45) is 6.58. The first kappa shape index (κ1) is 14.9. The summed E-state index contributed by atoms with van der Waals surface area (Å²) in [5.41, 5.74) is 2.81. The number of hydrogen-bond donors (Lipinski definition) is 1.